The zero-order chi connectivity index (χ0) is 12.4. The van der Waals surface area contributed by atoms with E-state index in [2.05, 4.69) is 0 Å². The van der Waals surface area contributed by atoms with Crippen LogP contribution in [0.5, 0.6) is 0 Å². The van der Waals surface area contributed by atoms with E-state index < -0.39 is 26.4 Å². The second-order valence-corrected chi connectivity index (χ2v) is 9.31. The molecule has 1 saturated carbocycles. The average molecular weight is 272 g/mol. The van der Waals surface area contributed by atoms with Gasteiger partial charge in [0.15, 0.2) is 0 Å². The minimum Gasteiger partial charge on any atom is -0.298 e. The summed E-state index contributed by atoms with van der Waals surface area (Å²) in [7, 11) is -6.21. The molecular formula is C9H17FO4S2. The molecule has 0 N–H and O–H groups in total. The number of ketones is 1. The quantitative estimate of drug-likeness (QED) is 0.782. The van der Waals surface area contributed by atoms with Gasteiger partial charge in [-0.25, -0.2) is 8.02 Å². The molecular weight excluding hydrogens is 255 g/mol. The van der Waals surface area contributed by atoms with Gasteiger partial charge in [0.25, 0.3) is 0 Å². The van der Waals surface area contributed by atoms with Crippen LogP contribution in [0.3, 0.4) is 0 Å². The maximum absolute atomic E-state index is 12.2. The van der Waals surface area contributed by atoms with Gasteiger partial charge in [0, 0.05) is 6.42 Å². The van der Waals surface area contributed by atoms with Crippen molar-refractivity contribution < 1.29 is 21.2 Å². The first-order chi connectivity index (χ1) is 7.28. The van der Waals surface area contributed by atoms with Gasteiger partial charge in [-0.05, 0) is 25.4 Å². The van der Waals surface area contributed by atoms with Crippen molar-refractivity contribution in [2.24, 2.45) is 0 Å². The van der Waals surface area contributed by atoms with Gasteiger partial charge in [-0.3, -0.25) is 4.79 Å². The molecule has 1 atom stereocenters. The second-order valence-electron chi connectivity index (χ2n) is 4.24. The van der Waals surface area contributed by atoms with E-state index in [0.29, 0.717) is 12.8 Å². The lowest BCUT2D eigenvalue weighted by molar-refractivity contribution is -0.119. The zero-order valence-corrected chi connectivity index (χ0v) is 11.1. The van der Waals surface area contributed by atoms with E-state index in [1.54, 1.807) is 12.5 Å². The van der Waals surface area contributed by atoms with E-state index in [9.17, 15) is 17.6 Å². The van der Waals surface area contributed by atoms with E-state index in [-0.39, 0.29) is 11.0 Å². The lowest BCUT2D eigenvalue weighted by atomic mass is 9.99. The number of Topliss-reactive ketones (excluding diaryl/α,β-unsaturated/α-hetero) is 1. The third kappa shape index (κ3) is 3.43. The van der Waals surface area contributed by atoms with Crippen molar-refractivity contribution >= 4 is 26.2 Å². The summed E-state index contributed by atoms with van der Waals surface area (Å²) in [5, 5.41) is -0.373. The molecule has 1 aliphatic carbocycles. The average Bonchev–Trinajstić information content (AvgIpc) is 2.16. The van der Waals surface area contributed by atoms with Crippen LogP contribution in [-0.4, -0.2) is 38.0 Å². The smallest absolute Gasteiger partial charge is 0.298 e. The molecule has 1 fully saturated rings. The molecule has 0 saturated heterocycles. The van der Waals surface area contributed by atoms with Gasteiger partial charge in [-0.1, -0.05) is 6.42 Å². The molecule has 1 aliphatic rings. The van der Waals surface area contributed by atoms with Crippen LogP contribution in [0.25, 0.3) is 0 Å². The molecule has 0 amide bonds. The van der Waals surface area contributed by atoms with Crippen LogP contribution in [0.15, 0.2) is 0 Å². The Morgan fingerprint density at radius 1 is 1.38 bits per heavy atom. The largest absolute Gasteiger partial charge is 0.306 e. The summed E-state index contributed by atoms with van der Waals surface area (Å²) in [4.78, 5) is 11.7. The van der Waals surface area contributed by atoms with Crippen LogP contribution in [0.4, 0.5) is 4.39 Å². The standard InChI is InChI=1S/C9H17FO4S2/c1-15(2,14-16(12,13)7-10)9-6-4-3-5-8(9)11/h9H,3-7H2,1-2H3. The molecule has 0 aromatic heterocycles. The minimum absolute atomic E-state index is 0.0420. The molecule has 96 valence electrons. The van der Waals surface area contributed by atoms with Crippen LogP contribution in [0.1, 0.15) is 25.7 Å². The molecule has 16 heavy (non-hydrogen) atoms. The van der Waals surface area contributed by atoms with Crippen molar-refractivity contribution in [3.63, 3.8) is 0 Å². The number of hydrogen-bond acceptors (Lipinski definition) is 4. The van der Waals surface area contributed by atoms with Gasteiger partial charge < -0.3 is 0 Å². The number of hydrogen-bond donors (Lipinski definition) is 0. The topological polar surface area (TPSA) is 60.4 Å². The molecule has 0 spiro atoms. The van der Waals surface area contributed by atoms with Crippen molar-refractivity contribution in [2.75, 3.05) is 18.5 Å². The van der Waals surface area contributed by atoms with Crippen molar-refractivity contribution in [1.29, 1.82) is 0 Å². The van der Waals surface area contributed by atoms with Crippen LogP contribution >= 0.6 is 10.3 Å². The molecule has 0 bridgehead atoms. The lowest BCUT2D eigenvalue weighted by Crippen LogP contribution is -2.32. The Labute approximate surface area is 97.2 Å². The zero-order valence-electron chi connectivity index (χ0n) is 9.44. The second kappa shape index (κ2) is 5.01. The van der Waals surface area contributed by atoms with Crippen LogP contribution in [0.2, 0.25) is 0 Å². The Bertz CT molecular complexity index is 364. The monoisotopic (exact) mass is 272 g/mol. The number of alkyl halides is 1. The Balaban J connectivity index is 2.80. The molecule has 1 unspecified atom stereocenters. The Kier molecular flexibility index (Phi) is 4.36. The highest BCUT2D eigenvalue weighted by Crippen LogP contribution is 2.51. The van der Waals surface area contributed by atoms with Crippen molar-refractivity contribution in [2.45, 2.75) is 30.9 Å². The van der Waals surface area contributed by atoms with Crippen molar-refractivity contribution in [1.82, 2.24) is 0 Å². The van der Waals surface area contributed by atoms with Crippen LogP contribution in [0, 0.1) is 0 Å². The summed E-state index contributed by atoms with van der Waals surface area (Å²) in [6.07, 6.45) is 6.07. The van der Waals surface area contributed by atoms with E-state index >= 15 is 0 Å². The number of rotatable bonds is 4. The van der Waals surface area contributed by atoms with Gasteiger partial charge in [0.05, 0.1) is 5.25 Å². The maximum Gasteiger partial charge on any atom is 0.306 e. The molecule has 0 aromatic carbocycles. The first-order valence-electron chi connectivity index (χ1n) is 5.03. The third-order valence-corrected chi connectivity index (χ3v) is 6.96. The van der Waals surface area contributed by atoms with Crippen molar-refractivity contribution in [3.05, 3.63) is 0 Å². The van der Waals surface area contributed by atoms with Gasteiger partial charge in [0.2, 0.25) is 6.01 Å². The summed E-state index contributed by atoms with van der Waals surface area (Å²) in [5.74, 6) is 0.0420. The highest BCUT2D eigenvalue weighted by atomic mass is 32.3. The first kappa shape index (κ1) is 13.9. The van der Waals surface area contributed by atoms with E-state index in [4.69, 9.17) is 3.63 Å². The van der Waals surface area contributed by atoms with Crippen LogP contribution in [-0.2, 0) is 18.5 Å². The van der Waals surface area contributed by atoms with Crippen molar-refractivity contribution in [3.8, 4) is 0 Å². The summed E-state index contributed by atoms with van der Waals surface area (Å²) < 4.78 is 39.2. The summed E-state index contributed by atoms with van der Waals surface area (Å²) in [6.45, 7) is 0. The number of carbonyl (C=O) groups is 1. The van der Waals surface area contributed by atoms with Gasteiger partial charge in [-0.15, -0.1) is 10.3 Å². The Morgan fingerprint density at radius 2 is 2.00 bits per heavy atom. The highest BCUT2D eigenvalue weighted by Gasteiger charge is 2.36. The Morgan fingerprint density at radius 3 is 2.50 bits per heavy atom. The molecule has 4 nitrogen and oxygen atoms in total. The molecule has 0 aromatic rings. The third-order valence-electron chi connectivity index (χ3n) is 2.60. The van der Waals surface area contributed by atoms with E-state index in [1.165, 1.54) is 0 Å². The first-order valence-corrected chi connectivity index (χ1v) is 9.04. The SMILES string of the molecule is CS(C)(OS(=O)(=O)CF)C1CCCCC1=O. The maximum atomic E-state index is 12.2. The number of halogens is 1. The molecule has 0 heterocycles. The molecule has 7 heteroatoms. The number of carbonyl (C=O) groups excluding carboxylic acids is 1. The summed E-state index contributed by atoms with van der Waals surface area (Å²) >= 11 is 0. The fourth-order valence-electron chi connectivity index (χ4n) is 1.88. The minimum atomic E-state index is -4.13. The predicted molar refractivity (Wildman–Crippen MR) is 62.7 cm³/mol. The van der Waals surface area contributed by atoms with Gasteiger partial charge in [0.1, 0.15) is 5.78 Å². The van der Waals surface area contributed by atoms with E-state index in [0.717, 1.165) is 12.8 Å². The Hall–Kier alpha value is -0.140. The van der Waals surface area contributed by atoms with Crippen LogP contribution < -0.4 is 0 Å². The van der Waals surface area contributed by atoms with E-state index in [1.807, 2.05) is 0 Å². The van der Waals surface area contributed by atoms with Gasteiger partial charge in [-0.2, -0.15) is 8.42 Å². The lowest BCUT2D eigenvalue weighted by Gasteiger charge is -2.38. The van der Waals surface area contributed by atoms with Gasteiger partial charge >= 0.3 is 10.1 Å². The predicted octanol–water partition coefficient (Wildman–Crippen LogP) is 1.75. The normalized spacial score (nSPS) is 24.4. The fourth-order valence-corrected chi connectivity index (χ4v) is 6.03. The fraction of sp³-hybridized carbons (Fsp3) is 0.889. The highest BCUT2D eigenvalue weighted by molar-refractivity contribution is 8.32. The molecule has 0 aliphatic heterocycles. The molecule has 0 radical (unpaired) electrons. The summed E-state index contributed by atoms with van der Waals surface area (Å²) in [6, 6.07) is -1.54. The molecule has 1 rings (SSSR count). The summed E-state index contributed by atoms with van der Waals surface area (Å²) in [5.41, 5.74) is 0.